The summed E-state index contributed by atoms with van der Waals surface area (Å²) < 4.78 is 49.2. The third-order valence-electron chi connectivity index (χ3n) is 6.95. The number of aromatic amines is 1. The minimum Gasteiger partial charge on any atom is -0.456 e. The molecule has 2 aliphatic rings. The first-order chi connectivity index (χ1) is 18.5. The number of aromatic nitrogens is 5. The fraction of sp³-hybridized carbons (Fsp3) is 0.222. The summed E-state index contributed by atoms with van der Waals surface area (Å²) in [5, 5.41) is 14.0. The molecule has 0 spiro atoms. The van der Waals surface area contributed by atoms with Gasteiger partial charge in [0.05, 0.1) is 30.0 Å². The normalized spacial score (nSPS) is 22.7. The SMILES string of the molecule is OC1COC2C(Oc3nc4c(F)c(-c5ccc(-c6ccc(-n7cncn7)cc6)cc5)c(F)cc4[nH]3)COC12. The Balaban J connectivity index is 1.14. The molecule has 7 rings (SSSR count). The molecular formula is C27H21F2N5O4. The monoisotopic (exact) mass is 517 g/mol. The Bertz CT molecular complexity index is 1610. The van der Waals surface area contributed by atoms with Crippen LogP contribution in [0.3, 0.4) is 0 Å². The van der Waals surface area contributed by atoms with Crippen LogP contribution in [-0.4, -0.2) is 67.5 Å². The van der Waals surface area contributed by atoms with E-state index in [1.54, 1.807) is 23.1 Å². The Morgan fingerprint density at radius 1 is 0.947 bits per heavy atom. The van der Waals surface area contributed by atoms with E-state index in [0.29, 0.717) is 5.56 Å². The lowest BCUT2D eigenvalue weighted by atomic mass is 9.99. The van der Waals surface area contributed by atoms with E-state index in [1.165, 1.54) is 12.4 Å². The number of hydrogen-bond donors (Lipinski definition) is 2. The minimum atomic E-state index is -0.788. The topological polar surface area (TPSA) is 107 Å². The van der Waals surface area contributed by atoms with Crippen LogP contribution in [0.5, 0.6) is 6.01 Å². The maximum Gasteiger partial charge on any atom is 0.295 e. The van der Waals surface area contributed by atoms with E-state index in [4.69, 9.17) is 14.2 Å². The van der Waals surface area contributed by atoms with Crippen LogP contribution in [0.2, 0.25) is 0 Å². The molecule has 0 radical (unpaired) electrons. The second-order valence-electron chi connectivity index (χ2n) is 9.27. The van der Waals surface area contributed by atoms with Gasteiger partial charge in [0, 0.05) is 6.07 Å². The van der Waals surface area contributed by atoms with Crippen molar-refractivity contribution >= 4 is 11.0 Å². The molecule has 4 atom stereocenters. The van der Waals surface area contributed by atoms with Gasteiger partial charge in [-0.15, -0.1) is 0 Å². The van der Waals surface area contributed by atoms with Crippen LogP contribution in [0.4, 0.5) is 8.78 Å². The molecule has 2 aromatic heterocycles. The van der Waals surface area contributed by atoms with Crippen molar-refractivity contribution in [2.75, 3.05) is 13.2 Å². The van der Waals surface area contributed by atoms with Gasteiger partial charge in [-0.2, -0.15) is 10.1 Å². The van der Waals surface area contributed by atoms with Gasteiger partial charge in [0.2, 0.25) is 0 Å². The number of fused-ring (bicyclic) bond motifs is 2. The first-order valence-electron chi connectivity index (χ1n) is 12.1. The van der Waals surface area contributed by atoms with Crippen molar-refractivity contribution in [2.24, 2.45) is 0 Å². The highest BCUT2D eigenvalue weighted by atomic mass is 19.1. The van der Waals surface area contributed by atoms with Gasteiger partial charge in [-0.3, -0.25) is 0 Å². The van der Waals surface area contributed by atoms with Crippen LogP contribution in [0.1, 0.15) is 0 Å². The molecule has 38 heavy (non-hydrogen) atoms. The molecule has 4 heterocycles. The lowest BCUT2D eigenvalue weighted by Gasteiger charge is -2.15. The summed E-state index contributed by atoms with van der Waals surface area (Å²) in [6, 6.07) is 15.9. The van der Waals surface area contributed by atoms with Gasteiger partial charge in [-0.1, -0.05) is 36.4 Å². The lowest BCUT2D eigenvalue weighted by Crippen LogP contribution is -2.34. The number of aliphatic hydroxyl groups is 1. The maximum atomic E-state index is 15.5. The van der Waals surface area contributed by atoms with Crippen LogP contribution in [0.15, 0.2) is 67.3 Å². The third kappa shape index (κ3) is 3.83. The van der Waals surface area contributed by atoms with E-state index in [1.807, 2.05) is 36.4 Å². The molecule has 2 fully saturated rings. The van der Waals surface area contributed by atoms with Gasteiger partial charge in [-0.05, 0) is 28.8 Å². The average molecular weight is 517 g/mol. The minimum absolute atomic E-state index is 0.0272. The third-order valence-corrected chi connectivity index (χ3v) is 6.95. The van der Waals surface area contributed by atoms with Gasteiger partial charge in [0.25, 0.3) is 6.01 Å². The molecule has 0 amide bonds. The highest BCUT2D eigenvalue weighted by molar-refractivity contribution is 5.84. The fourth-order valence-corrected chi connectivity index (χ4v) is 5.04. The summed E-state index contributed by atoms with van der Waals surface area (Å²) in [4.78, 5) is 11.0. The predicted molar refractivity (Wildman–Crippen MR) is 132 cm³/mol. The zero-order valence-electron chi connectivity index (χ0n) is 19.8. The van der Waals surface area contributed by atoms with E-state index in [-0.39, 0.29) is 35.8 Å². The molecule has 0 aliphatic carbocycles. The van der Waals surface area contributed by atoms with Gasteiger partial charge in [0.15, 0.2) is 11.9 Å². The molecule has 0 saturated carbocycles. The number of rotatable bonds is 5. The van der Waals surface area contributed by atoms with Crippen molar-refractivity contribution in [3.8, 4) is 34.0 Å². The van der Waals surface area contributed by atoms with Gasteiger partial charge >= 0.3 is 0 Å². The summed E-state index contributed by atoms with van der Waals surface area (Å²) in [6.45, 7) is 0.354. The highest BCUT2D eigenvalue weighted by Crippen LogP contribution is 2.35. The Kier molecular flexibility index (Phi) is 5.43. The zero-order valence-corrected chi connectivity index (χ0v) is 19.8. The highest BCUT2D eigenvalue weighted by Gasteiger charge is 2.48. The van der Waals surface area contributed by atoms with E-state index < -0.39 is 36.1 Å². The number of halogens is 2. The van der Waals surface area contributed by atoms with Crippen LogP contribution < -0.4 is 4.74 Å². The Morgan fingerprint density at radius 2 is 1.66 bits per heavy atom. The standard InChI is InChI=1S/C27H21F2N5O4/c28-18-9-19-24(33-27(32-19)38-21-11-37-25-20(35)10-36-26(21)25)23(29)22(18)16-3-1-14(2-4-16)15-5-7-17(8-6-15)34-13-30-12-31-34/h1-9,12-13,20-21,25-26,35H,10-11H2,(H,32,33). The van der Waals surface area contributed by atoms with Crippen LogP contribution in [0.25, 0.3) is 39.0 Å². The van der Waals surface area contributed by atoms with Crippen molar-refractivity contribution < 1.29 is 28.1 Å². The van der Waals surface area contributed by atoms with E-state index in [9.17, 15) is 5.11 Å². The number of imidazole rings is 1. The number of ether oxygens (including phenoxy) is 3. The molecule has 0 bridgehead atoms. The molecule has 4 unspecified atom stereocenters. The molecule has 2 aliphatic heterocycles. The van der Waals surface area contributed by atoms with E-state index in [2.05, 4.69) is 20.1 Å². The number of hydrogen-bond acceptors (Lipinski definition) is 7. The molecule has 3 aromatic carbocycles. The number of H-pyrrole nitrogens is 1. The molecule has 2 saturated heterocycles. The number of aliphatic hydroxyl groups excluding tert-OH is 1. The summed E-state index contributed by atoms with van der Waals surface area (Å²) in [5.74, 6) is -1.51. The second kappa shape index (κ2) is 8.98. The summed E-state index contributed by atoms with van der Waals surface area (Å²) in [5.41, 5.74) is 3.07. The summed E-state index contributed by atoms with van der Waals surface area (Å²) in [6.07, 6.45) is 0.917. The van der Waals surface area contributed by atoms with Crippen molar-refractivity contribution in [3.05, 3.63) is 78.9 Å². The van der Waals surface area contributed by atoms with Crippen molar-refractivity contribution in [1.29, 1.82) is 0 Å². The number of nitrogens with zero attached hydrogens (tertiary/aromatic N) is 4. The first-order valence-corrected chi connectivity index (χ1v) is 12.1. The smallest absolute Gasteiger partial charge is 0.295 e. The molecule has 2 N–H and O–H groups in total. The van der Waals surface area contributed by atoms with E-state index in [0.717, 1.165) is 16.8 Å². The quantitative estimate of drug-likeness (QED) is 0.366. The van der Waals surface area contributed by atoms with Crippen LogP contribution in [-0.2, 0) is 9.47 Å². The largest absolute Gasteiger partial charge is 0.456 e. The van der Waals surface area contributed by atoms with Crippen molar-refractivity contribution in [2.45, 2.75) is 24.4 Å². The Hall–Kier alpha value is -4.19. The molecule has 192 valence electrons. The number of benzene rings is 3. The molecule has 11 heteroatoms. The van der Waals surface area contributed by atoms with Crippen LogP contribution in [0, 0.1) is 11.6 Å². The van der Waals surface area contributed by atoms with Crippen molar-refractivity contribution in [3.63, 3.8) is 0 Å². The Labute approximate surface area is 214 Å². The average Bonchev–Trinajstić information content (AvgIpc) is 3.73. The fourth-order valence-electron chi connectivity index (χ4n) is 5.04. The maximum absolute atomic E-state index is 15.5. The van der Waals surface area contributed by atoms with E-state index >= 15 is 8.78 Å². The lowest BCUT2D eigenvalue weighted by molar-refractivity contribution is 0.00706. The predicted octanol–water partition coefficient (Wildman–Crippen LogP) is 3.66. The van der Waals surface area contributed by atoms with Crippen LogP contribution >= 0.6 is 0 Å². The van der Waals surface area contributed by atoms with Gasteiger partial charge in [0.1, 0.15) is 42.3 Å². The Morgan fingerprint density at radius 3 is 2.39 bits per heavy atom. The number of nitrogens with one attached hydrogen (secondary N) is 1. The molecule has 9 nitrogen and oxygen atoms in total. The summed E-state index contributed by atoms with van der Waals surface area (Å²) >= 11 is 0. The second-order valence-corrected chi connectivity index (χ2v) is 9.27. The molecule has 5 aromatic rings. The zero-order chi connectivity index (χ0) is 25.8. The van der Waals surface area contributed by atoms with Gasteiger partial charge in [-0.25, -0.2) is 18.4 Å². The first kappa shape index (κ1) is 23.0. The summed E-state index contributed by atoms with van der Waals surface area (Å²) in [7, 11) is 0. The van der Waals surface area contributed by atoms with Gasteiger partial charge < -0.3 is 24.3 Å². The van der Waals surface area contributed by atoms with Crippen molar-refractivity contribution in [1.82, 2.24) is 24.7 Å². The molecular weight excluding hydrogens is 496 g/mol.